The Labute approximate surface area is 114 Å². The molecule has 2 N–H and O–H groups in total. The minimum Gasteiger partial charge on any atom is -0.388 e. The van der Waals surface area contributed by atoms with Gasteiger partial charge < -0.3 is 15.3 Å². The molecule has 0 saturated carbocycles. The average molecular weight is 285 g/mol. The topological polar surface area (TPSA) is 95.7 Å². The van der Waals surface area contributed by atoms with Crippen LogP contribution < -0.4 is 10.2 Å². The lowest BCUT2D eigenvalue weighted by Gasteiger charge is -2.32. The fraction of sp³-hybridized carbons (Fsp3) is 0.545. The van der Waals surface area contributed by atoms with Crippen LogP contribution in [0.2, 0.25) is 0 Å². The third-order valence-corrected chi connectivity index (χ3v) is 4.41. The molecule has 0 aliphatic carbocycles. The largest absolute Gasteiger partial charge is 0.388 e. The van der Waals surface area contributed by atoms with Gasteiger partial charge in [-0.2, -0.15) is 0 Å². The zero-order valence-electron chi connectivity index (χ0n) is 10.6. The first-order valence-electron chi connectivity index (χ1n) is 5.92. The Balaban J connectivity index is 2.42. The van der Waals surface area contributed by atoms with E-state index >= 15 is 0 Å². The summed E-state index contributed by atoms with van der Waals surface area (Å²) in [6, 6.07) is 0.928. The molecule has 2 atom stereocenters. The summed E-state index contributed by atoms with van der Waals surface area (Å²) in [7, 11) is 0. The van der Waals surface area contributed by atoms with Crippen molar-refractivity contribution in [2.45, 2.75) is 26.0 Å². The summed E-state index contributed by atoms with van der Waals surface area (Å²) in [4.78, 5) is 24.5. The number of nitro groups is 1. The Hall–Kier alpha value is -1.67. The highest BCUT2D eigenvalue weighted by atomic mass is 32.1. The van der Waals surface area contributed by atoms with Gasteiger partial charge in [-0.25, -0.2) is 0 Å². The number of thiophene rings is 1. The van der Waals surface area contributed by atoms with Gasteiger partial charge in [0.25, 0.3) is 0 Å². The molecule has 1 aromatic rings. The van der Waals surface area contributed by atoms with Crippen molar-refractivity contribution in [1.29, 1.82) is 0 Å². The number of nitrogens with zero attached hydrogens (tertiary/aromatic N) is 2. The van der Waals surface area contributed by atoms with Gasteiger partial charge in [0.15, 0.2) is 5.00 Å². The summed E-state index contributed by atoms with van der Waals surface area (Å²) in [6.45, 7) is 4.25. The highest BCUT2D eigenvalue weighted by Crippen LogP contribution is 2.41. The van der Waals surface area contributed by atoms with Crippen molar-refractivity contribution in [1.82, 2.24) is 5.32 Å². The van der Waals surface area contributed by atoms with Crippen molar-refractivity contribution in [2.24, 2.45) is 0 Å². The van der Waals surface area contributed by atoms with E-state index in [-0.39, 0.29) is 11.6 Å². The average Bonchev–Trinajstić information content (AvgIpc) is 2.77. The molecule has 8 heteroatoms. The molecule has 1 aromatic heterocycles. The predicted octanol–water partition coefficient (Wildman–Crippen LogP) is 1.03. The quantitative estimate of drug-likeness (QED) is 0.639. The number of rotatable bonds is 3. The highest BCUT2D eigenvalue weighted by Gasteiger charge is 2.32. The standard InChI is InChI=1S/C11H15N3O4S/c1-6-10(16)12-3-4-13(6)11-8(14(17)18)5-9(19-11)7(2)15/h5-7,15H,3-4H2,1-2H3,(H,12,16)/t6?,7-/m1/s1. The number of anilines is 1. The van der Waals surface area contributed by atoms with E-state index in [0.29, 0.717) is 23.0 Å². The molecule has 2 rings (SSSR count). The van der Waals surface area contributed by atoms with Gasteiger partial charge in [0.1, 0.15) is 6.04 Å². The van der Waals surface area contributed by atoms with E-state index < -0.39 is 17.1 Å². The maximum Gasteiger partial charge on any atom is 0.304 e. The molecule has 1 aliphatic heterocycles. The van der Waals surface area contributed by atoms with E-state index in [2.05, 4.69) is 5.32 Å². The maximum atomic E-state index is 11.6. The van der Waals surface area contributed by atoms with Gasteiger partial charge in [-0.15, -0.1) is 11.3 Å². The summed E-state index contributed by atoms with van der Waals surface area (Å²) >= 11 is 1.16. The lowest BCUT2D eigenvalue weighted by molar-refractivity contribution is -0.383. The first-order chi connectivity index (χ1) is 8.91. The number of hydrogen-bond donors (Lipinski definition) is 2. The Morgan fingerprint density at radius 1 is 1.68 bits per heavy atom. The van der Waals surface area contributed by atoms with Crippen molar-refractivity contribution < 1.29 is 14.8 Å². The predicted molar refractivity (Wildman–Crippen MR) is 71.4 cm³/mol. The van der Waals surface area contributed by atoms with E-state index in [9.17, 15) is 20.0 Å². The molecule has 19 heavy (non-hydrogen) atoms. The first kappa shape index (κ1) is 13.8. The van der Waals surface area contributed by atoms with Crippen LogP contribution in [0.5, 0.6) is 0 Å². The number of piperazine rings is 1. The summed E-state index contributed by atoms with van der Waals surface area (Å²) in [6.07, 6.45) is -0.758. The Bertz CT molecular complexity index is 514. The summed E-state index contributed by atoms with van der Waals surface area (Å²) < 4.78 is 0. The second-order valence-electron chi connectivity index (χ2n) is 4.43. The first-order valence-corrected chi connectivity index (χ1v) is 6.74. The molecule has 2 heterocycles. The van der Waals surface area contributed by atoms with Gasteiger partial charge in [-0.1, -0.05) is 0 Å². The minimum atomic E-state index is -0.758. The van der Waals surface area contributed by atoms with Gasteiger partial charge >= 0.3 is 5.69 Å². The molecule has 1 amide bonds. The highest BCUT2D eigenvalue weighted by molar-refractivity contribution is 7.16. The lowest BCUT2D eigenvalue weighted by Crippen LogP contribution is -2.53. The van der Waals surface area contributed by atoms with Crippen LogP contribution in [0, 0.1) is 10.1 Å². The number of nitrogens with one attached hydrogen (secondary N) is 1. The summed E-state index contributed by atoms with van der Waals surface area (Å²) in [5.74, 6) is -0.146. The monoisotopic (exact) mass is 285 g/mol. The van der Waals surface area contributed by atoms with Crippen LogP contribution >= 0.6 is 11.3 Å². The second kappa shape index (κ2) is 5.14. The zero-order valence-corrected chi connectivity index (χ0v) is 11.4. The van der Waals surface area contributed by atoms with Gasteiger partial charge in [0.05, 0.1) is 11.0 Å². The Morgan fingerprint density at radius 3 is 2.95 bits per heavy atom. The van der Waals surface area contributed by atoms with Gasteiger partial charge in [0, 0.05) is 24.0 Å². The van der Waals surface area contributed by atoms with E-state index in [1.54, 1.807) is 18.7 Å². The fourth-order valence-corrected chi connectivity index (χ4v) is 3.16. The molecule has 0 radical (unpaired) electrons. The fourth-order valence-electron chi connectivity index (χ4n) is 1.99. The van der Waals surface area contributed by atoms with Gasteiger partial charge in [-0.3, -0.25) is 14.9 Å². The normalized spacial score (nSPS) is 21.1. The van der Waals surface area contributed by atoms with E-state index in [0.717, 1.165) is 11.3 Å². The molecule has 1 saturated heterocycles. The van der Waals surface area contributed by atoms with Crippen molar-refractivity contribution in [3.8, 4) is 0 Å². The van der Waals surface area contributed by atoms with Crippen molar-refractivity contribution in [3.63, 3.8) is 0 Å². The van der Waals surface area contributed by atoms with Crippen LogP contribution in [0.3, 0.4) is 0 Å². The van der Waals surface area contributed by atoms with Crippen LogP contribution in [0.15, 0.2) is 6.07 Å². The zero-order chi connectivity index (χ0) is 14.2. The van der Waals surface area contributed by atoms with Crippen LogP contribution in [-0.4, -0.2) is 35.1 Å². The van der Waals surface area contributed by atoms with Crippen LogP contribution in [-0.2, 0) is 4.79 Å². The van der Waals surface area contributed by atoms with Crippen LogP contribution in [0.4, 0.5) is 10.7 Å². The number of hydrogen-bond acceptors (Lipinski definition) is 6. The molecule has 1 aliphatic rings. The number of amides is 1. The molecule has 0 aromatic carbocycles. The number of aliphatic hydroxyl groups excluding tert-OH is 1. The molecule has 0 bridgehead atoms. The van der Waals surface area contributed by atoms with E-state index in [1.807, 2.05) is 0 Å². The Kier molecular flexibility index (Phi) is 3.72. The van der Waals surface area contributed by atoms with Crippen LogP contribution in [0.25, 0.3) is 0 Å². The van der Waals surface area contributed by atoms with Crippen molar-refractivity contribution >= 4 is 27.9 Å². The smallest absolute Gasteiger partial charge is 0.304 e. The van der Waals surface area contributed by atoms with E-state index in [1.165, 1.54) is 6.07 Å². The molecule has 1 fully saturated rings. The van der Waals surface area contributed by atoms with Crippen LogP contribution in [0.1, 0.15) is 24.8 Å². The van der Waals surface area contributed by atoms with Gasteiger partial charge in [-0.05, 0) is 13.8 Å². The lowest BCUT2D eigenvalue weighted by atomic mass is 10.2. The molecular weight excluding hydrogens is 270 g/mol. The second-order valence-corrected chi connectivity index (χ2v) is 5.49. The molecule has 104 valence electrons. The number of carbonyl (C=O) groups excluding carboxylic acids is 1. The SMILES string of the molecule is CC1C(=O)NCCN1c1sc([C@@H](C)O)cc1[N+](=O)[O-]. The summed E-state index contributed by atoms with van der Waals surface area (Å²) in [5, 5.41) is 23.8. The van der Waals surface area contributed by atoms with E-state index in [4.69, 9.17) is 0 Å². The summed E-state index contributed by atoms with van der Waals surface area (Å²) in [5.41, 5.74) is -0.0533. The molecule has 7 nitrogen and oxygen atoms in total. The van der Waals surface area contributed by atoms with Crippen molar-refractivity contribution in [3.05, 3.63) is 21.1 Å². The third kappa shape index (κ3) is 2.54. The maximum absolute atomic E-state index is 11.6. The number of aliphatic hydroxyl groups is 1. The van der Waals surface area contributed by atoms with Gasteiger partial charge in [0.2, 0.25) is 5.91 Å². The Morgan fingerprint density at radius 2 is 2.37 bits per heavy atom. The third-order valence-electron chi connectivity index (χ3n) is 3.08. The molecule has 1 unspecified atom stereocenters. The number of carbonyl (C=O) groups is 1. The molecule has 0 spiro atoms. The van der Waals surface area contributed by atoms with Crippen molar-refractivity contribution in [2.75, 3.05) is 18.0 Å². The molecular formula is C11H15N3O4S. The minimum absolute atomic E-state index is 0.0533.